The number of aliphatic hydroxyl groups is 12. The van der Waals surface area contributed by atoms with E-state index in [1.165, 1.54) is 5.57 Å². The first kappa shape index (κ1) is 76.8. The van der Waals surface area contributed by atoms with Crippen molar-refractivity contribution >= 4 is 29.8 Å². The van der Waals surface area contributed by atoms with Crippen LogP contribution in [0.25, 0.3) is 0 Å². The monoisotopic (exact) mass is 1410 g/mol. The molecule has 5 aliphatic carbocycles. The molecule has 0 aromatic carbocycles. The van der Waals surface area contributed by atoms with E-state index < -0.39 is 250 Å². The van der Waals surface area contributed by atoms with Gasteiger partial charge in [0.2, 0.25) is 0 Å². The van der Waals surface area contributed by atoms with Crippen molar-refractivity contribution in [2.24, 2.45) is 50.2 Å². The number of fused-ring (bicyclic) bond motifs is 7. The molecular weight excluding hydrogens is 1300 g/mol. The van der Waals surface area contributed by atoms with Crippen LogP contribution in [0.3, 0.4) is 0 Å². The highest BCUT2D eigenvalue weighted by Crippen LogP contribution is 2.76. The molecule has 558 valence electrons. The molecule has 13 N–H and O–H groups in total. The fourth-order valence-electron chi connectivity index (χ4n) is 18.7. The van der Waals surface area contributed by atoms with E-state index in [2.05, 4.69) is 33.8 Å². The third-order valence-corrected chi connectivity index (χ3v) is 24.3. The molecular formula is C66H102O32. The van der Waals surface area contributed by atoms with Crippen LogP contribution in [0.5, 0.6) is 0 Å². The minimum atomic E-state index is -2.13. The minimum absolute atomic E-state index is 0.00526. The van der Waals surface area contributed by atoms with Crippen molar-refractivity contribution < 1.29 is 157 Å². The first-order valence-corrected chi connectivity index (χ1v) is 33.9. The van der Waals surface area contributed by atoms with Gasteiger partial charge in [0.1, 0.15) is 92.1 Å². The molecule has 4 saturated carbocycles. The average Bonchev–Trinajstić information content (AvgIpc) is 0.674. The lowest BCUT2D eigenvalue weighted by Gasteiger charge is -2.72. The second kappa shape index (κ2) is 29.0. The zero-order valence-electron chi connectivity index (χ0n) is 57.1. The highest BCUT2D eigenvalue weighted by molar-refractivity contribution is 5.73. The maximum Gasteiger partial charge on any atom is 0.335 e. The first-order chi connectivity index (χ1) is 45.8. The van der Waals surface area contributed by atoms with Crippen molar-refractivity contribution in [2.45, 2.75) is 287 Å². The molecule has 0 bridgehead atoms. The summed E-state index contributed by atoms with van der Waals surface area (Å²) in [5, 5.41) is 145. The Morgan fingerprint density at radius 3 is 1.74 bits per heavy atom. The summed E-state index contributed by atoms with van der Waals surface area (Å²) in [4.78, 5) is 62.4. The Balaban J connectivity index is 0.886. The Kier molecular flexibility index (Phi) is 22.8. The highest BCUT2D eigenvalue weighted by atomic mass is 16.8. The maximum atomic E-state index is 12.7. The summed E-state index contributed by atoms with van der Waals surface area (Å²) in [5.41, 5.74) is -2.81. The highest BCUT2D eigenvalue weighted by Gasteiger charge is 2.71. The summed E-state index contributed by atoms with van der Waals surface area (Å²) in [6, 6.07) is 0. The molecule has 9 fully saturated rings. The normalized spacial score (nSPS) is 50.0. The average molecular weight is 1410 g/mol. The van der Waals surface area contributed by atoms with E-state index in [1.807, 2.05) is 20.8 Å². The molecule has 5 aliphatic heterocycles. The summed E-state index contributed by atoms with van der Waals surface area (Å²) < 4.78 is 83.4. The fourth-order valence-corrected chi connectivity index (χ4v) is 18.7. The van der Waals surface area contributed by atoms with E-state index >= 15 is 0 Å². The molecule has 98 heavy (non-hydrogen) atoms. The van der Waals surface area contributed by atoms with Gasteiger partial charge in [-0.05, 0) is 90.8 Å². The predicted octanol–water partition coefficient (Wildman–Crippen LogP) is -2.14. The minimum Gasteiger partial charge on any atom is -0.479 e. The molecule has 0 radical (unpaired) electrons. The van der Waals surface area contributed by atoms with Gasteiger partial charge in [-0.25, -0.2) is 4.79 Å². The van der Waals surface area contributed by atoms with Gasteiger partial charge in [0.15, 0.2) is 55.9 Å². The molecule has 10 aliphatic rings. The number of hydrogen-bond donors (Lipinski definition) is 13. The molecule has 0 spiro atoms. The molecule has 0 amide bonds. The van der Waals surface area contributed by atoms with Gasteiger partial charge in [0, 0.05) is 38.5 Å². The Morgan fingerprint density at radius 2 is 1.11 bits per heavy atom. The number of hydrogen-bond acceptors (Lipinski definition) is 31. The molecule has 10 rings (SSSR count). The van der Waals surface area contributed by atoms with Crippen molar-refractivity contribution in [1.82, 2.24) is 0 Å². The van der Waals surface area contributed by atoms with Crippen LogP contribution in [0.4, 0.5) is 0 Å². The van der Waals surface area contributed by atoms with E-state index in [1.54, 1.807) is 0 Å². The van der Waals surface area contributed by atoms with Crippen molar-refractivity contribution in [3.63, 3.8) is 0 Å². The van der Waals surface area contributed by atoms with Crippen molar-refractivity contribution in [3.8, 4) is 0 Å². The molecule has 32 heteroatoms. The summed E-state index contributed by atoms with van der Waals surface area (Å²) in [6.07, 6.45) is -37.0. The molecule has 5 heterocycles. The smallest absolute Gasteiger partial charge is 0.335 e. The zero-order valence-corrected chi connectivity index (χ0v) is 57.1. The summed E-state index contributed by atoms with van der Waals surface area (Å²) in [6.45, 7) is 16.2. The number of carboxylic acids is 1. The van der Waals surface area contributed by atoms with E-state index in [0.717, 1.165) is 27.7 Å². The number of carboxylic acid groups (broad SMARTS) is 1. The van der Waals surface area contributed by atoms with Crippen LogP contribution in [-0.2, 0) is 90.3 Å². The Hall–Kier alpha value is -3.79. The number of esters is 4. The predicted molar refractivity (Wildman–Crippen MR) is 325 cm³/mol. The lowest BCUT2D eigenvalue weighted by molar-refractivity contribution is -0.388. The Morgan fingerprint density at radius 1 is 0.520 bits per heavy atom. The number of aliphatic hydroxyl groups excluding tert-OH is 12. The number of rotatable bonds is 18. The molecule has 5 saturated heterocycles. The largest absolute Gasteiger partial charge is 0.479 e. The summed E-state index contributed by atoms with van der Waals surface area (Å²) in [5.74, 6) is -5.49. The van der Waals surface area contributed by atoms with Crippen molar-refractivity contribution in [3.05, 3.63) is 11.6 Å². The molecule has 34 atom stereocenters. The molecule has 0 aromatic rings. The Labute approximate surface area is 566 Å². The van der Waals surface area contributed by atoms with E-state index in [-0.39, 0.29) is 29.6 Å². The van der Waals surface area contributed by atoms with Crippen LogP contribution in [-0.4, -0.2) is 289 Å². The van der Waals surface area contributed by atoms with Crippen LogP contribution in [0, 0.1) is 50.2 Å². The number of carbonyl (C=O) groups is 5. The van der Waals surface area contributed by atoms with Gasteiger partial charge in [-0.2, -0.15) is 0 Å². The number of aliphatic carboxylic acids is 1. The molecule has 34 unspecified atom stereocenters. The second-order valence-electron chi connectivity index (χ2n) is 30.7. The number of allylic oxidation sites excluding steroid dienone is 2. The standard InChI is InChI=1S/C66H102O32/c1-26(69)85-24-35-47(88-27(2)70)51(89-28(3)71)52(90-29(4)72)60(92-35)94-46-33(74)23-86-56(45(46)81)98-54-53(82)61(5,6)20-31-30-12-13-37-63(8)16-15-38(64(9,25-68)36(63)14-17-66(37,11)65(30,10)19-18-62(31,54)7)93-59-50(43(79)42(78)48(95-59)55(83)84)97-58-49(39(75)32(73)22-87-58)96-57-44(80)41(77)40(76)34(21-67)91-57/h12,31-54,56-60,67-68,73-82H,13-25H2,1-11H3,(H,83,84). The van der Waals surface area contributed by atoms with Gasteiger partial charge in [0.05, 0.1) is 44.7 Å². The second-order valence-corrected chi connectivity index (χ2v) is 30.7. The molecule has 32 nitrogen and oxygen atoms in total. The molecule has 0 aromatic heterocycles. The van der Waals surface area contributed by atoms with Crippen LogP contribution in [0.2, 0.25) is 0 Å². The summed E-state index contributed by atoms with van der Waals surface area (Å²) in [7, 11) is 0. The van der Waals surface area contributed by atoms with Gasteiger partial charge < -0.3 is 133 Å². The third kappa shape index (κ3) is 13.7. The van der Waals surface area contributed by atoms with Crippen molar-refractivity contribution in [2.75, 3.05) is 33.0 Å². The van der Waals surface area contributed by atoms with Crippen LogP contribution < -0.4 is 0 Å². The SMILES string of the molecule is CC(=O)OCC1OC(OC2C(O)COC(OC3C(O)C(C)(C)CC4C5=CCC6C7(C)CCC(OC8OC(C(=O)O)C(O)C(O)C8OC8OCC(O)C(O)C8OC8OC(CO)C(O)C(O)C8O)C(C)(CO)C7CCC6(C)C5(C)CCC43C)C2O)C(OC(C)=O)C(OC(C)=O)C1OC(C)=O. The van der Waals surface area contributed by atoms with Crippen LogP contribution in [0.1, 0.15) is 128 Å². The van der Waals surface area contributed by atoms with Gasteiger partial charge in [-0.1, -0.05) is 60.1 Å². The van der Waals surface area contributed by atoms with E-state index in [0.29, 0.717) is 44.9 Å². The lowest BCUT2D eigenvalue weighted by atomic mass is 9.33. The Bertz CT molecular complexity index is 2900. The van der Waals surface area contributed by atoms with Gasteiger partial charge >= 0.3 is 29.8 Å². The quantitative estimate of drug-likeness (QED) is 0.0301. The zero-order chi connectivity index (χ0) is 72.0. The lowest BCUT2D eigenvalue weighted by Crippen LogP contribution is -2.69. The third-order valence-electron chi connectivity index (χ3n) is 24.3. The first-order valence-electron chi connectivity index (χ1n) is 33.9. The number of ether oxygens (including phenoxy) is 14. The van der Waals surface area contributed by atoms with Gasteiger partial charge in [0.25, 0.3) is 0 Å². The van der Waals surface area contributed by atoms with Gasteiger partial charge in [-0.3, -0.25) is 19.2 Å². The van der Waals surface area contributed by atoms with Crippen LogP contribution >= 0.6 is 0 Å². The topological polar surface area (TPSA) is 478 Å². The maximum absolute atomic E-state index is 12.7. The fraction of sp³-hybridized carbons (Fsp3) is 0.894. The number of carbonyl (C=O) groups excluding carboxylic acids is 4. The van der Waals surface area contributed by atoms with E-state index in [4.69, 9.17) is 66.3 Å². The van der Waals surface area contributed by atoms with E-state index in [9.17, 15) is 90.4 Å². The van der Waals surface area contributed by atoms with Crippen LogP contribution in [0.15, 0.2) is 11.6 Å². The van der Waals surface area contributed by atoms with Gasteiger partial charge in [-0.15, -0.1) is 0 Å². The summed E-state index contributed by atoms with van der Waals surface area (Å²) >= 11 is 0. The van der Waals surface area contributed by atoms with Crippen molar-refractivity contribution in [1.29, 1.82) is 0 Å².